The van der Waals surface area contributed by atoms with Crippen molar-refractivity contribution >= 4 is 10.8 Å². The Morgan fingerprint density at radius 3 is 2.10 bits per heavy atom. The summed E-state index contributed by atoms with van der Waals surface area (Å²) >= 11 is 0. The SMILES string of the molecule is CC(c1ccccc1)C(N)c1ccc2ccccc2c1. The van der Waals surface area contributed by atoms with E-state index in [1.807, 2.05) is 6.07 Å². The number of nitrogens with two attached hydrogens (primary N) is 1. The van der Waals surface area contributed by atoms with Gasteiger partial charge in [-0.25, -0.2) is 0 Å². The molecule has 0 bridgehead atoms. The van der Waals surface area contributed by atoms with Gasteiger partial charge < -0.3 is 5.73 Å². The van der Waals surface area contributed by atoms with Gasteiger partial charge in [0.2, 0.25) is 0 Å². The molecule has 0 heterocycles. The van der Waals surface area contributed by atoms with Crippen molar-refractivity contribution in [2.45, 2.75) is 18.9 Å². The zero-order valence-corrected chi connectivity index (χ0v) is 11.7. The highest BCUT2D eigenvalue weighted by molar-refractivity contribution is 5.83. The van der Waals surface area contributed by atoms with Crippen LogP contribution in [-0.2, 0) is 0 Å². The van der Waals surface area contributed by atoms with Crippen LogP contribution in [0.5, 0.6) is 0 Å². The zero-order chi connectivity index (χ0) is 13.9. The van der Waals surface area contributed by atoms with Gasteiger partial charge in [-0.2, -0.15) is 0 Å². The maximum atomic E-state index is 6.46. The molecular weight excluding hydrogens is 242 g/mol. The number of benzene rings is 3. The van der Waals surface area contributed by atoms with Crippen LogP contribution < -0.4 is 5.73 Å². The number of rotatable bonds is 3. The summed E-state index contributed by atoms with van der Waals surface area (Å²) in [7, 11) is 0. The monoisotopic (exact) mass is 261 g/mol. The Hall–Kier alpha value is -2.12. The Bertz CT molecular complexity index is 703. The van der Waals surface area contributed by atoms with Crippen LogP contribution in [0.4, 0.5) is 0 Å². The van der Waals surface area contributed by atoms with Crippen LogP contribution in [0, 0.1) is 0 Å². The van der Waals surface area contributed by atoms with Crippen LogP contribution in [0.25, 0.3) is 10.8 Å². The topological polar surface area (TPSA) is 26.0 Å². The molecule has 0 aromatic heterocycles. The minimum atomic E-state index is 0.0157. The average Bonchev–Trinajstić information content (AvgIpc) is 2.54. The lowest BCUT2D eigenvalue weighted by Crippen LogP contribution is -2.17. The Kier molecular flexibility index (Phi) is 3.53. The second kappa shape index (κ2) is 5.48. The van der Waals surface area contributed by atoms with Crippen LogP contribution in [0.2, 0.25) is 0 Å². The van der Waals surface area contributed by atoms with Gasteiger partial charge in [-0.15, -0.1) is 0 Å². The zero-order valence-electron chi connectivity index (χ0n) is 11.7. The standard InChI is InChI=1S/C19H19N/c1-14(15-7-3-2-4-8-15)19(20)18-12-11-16-9-5-6-10-17(16)13-18/h2-14,19H,20H2,1H3. The van der Waals surface area contributed by atoms with Crippen molar-refractivity contribution < 1.29 is 0 Å². The van der Waals surface area contributed by atoms with Crippen molar-refractivity contribution in [2.24, 2.45) is 5.73 Å². The smallest absolute Gasteiger partial charge is 0.0362 e. The van der Waals surface area contributed by atoms with E-state index in [1.165, 1.54) is 21.9 Å². The molecule has 20 heavy (non-hydrogen) atoms. The largest absolute Gasteiger partial charge is 0.323 e. The molecule has 0 saturated heterocycles. The first-order valence-corrected chi connectivity index (χ1v) is 7.05. The van der Waals surface area contributed by atoms with Crippen molar-refractivity contribution in [3.8, 4) is 0 Å². The molecule has 0 radical (unpaired) electrons. The predicted molar refractivity (Wildman–Crippen MR) is 85.7 cm³/mol. The van der Waals surface area contributed by atoms with Crippen molar-refractivity contribution in [1.82, 2.24) is 0 Å². The van der Waals surface area contributed by atoms with E-state index < -0.39 is 0 Å². The molecule has 2 atom stereocenters. The van der Waals surface area contributed by atoms with E-state index in [0.717, 1.165) is 0 Å². The molecule has 3 aromatic rings. The van der Waals surface area contributed by atoms with Crippen LogP contribution in [0.15, 0.2) is 72.8 Å². The normalized spacial score (nSPS) is 14.1. The first kappa shape index (κ1) is 12.9. The van der Waals surface area contributed by atoms with Crippen LogP contribution in [0.3, 0.4) is 0 Å². The highest BCUT2D eigenvalue weighted by Crippen LogP contribution is 2.30. The van der Waals surface area contributed by atoms with Crippen LogP contribution in [0.1, 0.15) is 30.0 Å². The molecule has 0 aliphatic heterocycles. The molecule has 100 valence electrons. The van der Waals surface area contributed by atoms with Gasteiger partial charge in [-0.1, -0.05) is 73.7 Å². The first-order chi connectivity index (χ1) is 9.75. The summed E-state index contributed by atoms with van der Waals surface area (Å²) in [6.45, 7) is 2.19. The average molecular weight is 261 g/mol. The predicted octanol–water partition coefficient (Wildman–Crippen LogP) is 4.64. The first-order valence-electron chi connectivity index (χ1n) is 7.05. The quantitative estimate of drug-likeness (QED) is 0.730. The molecule has 3 aromatic carbocycles. The van der Waals surface area contributed by atoms with E-state index in [1.54, 1.807) is 0 Å². The Morgan fingerprint density at radius 1 is 0.700 bits per heavy atom. The third-order valence-electron chi connectivity index (χ3n) is 4.02. The fourth-order valence-electron chi connectivity index (χ4n) is 2.67. The van der Waals surface area contributed by atoms with Gasteiger partial charge in [-0.05, 0) is 28.0 Å². The maximum absolute atomic E-state index is 6.46. The van der Waals surface area contributed by atoms with E-state index in [9.17, 15) is 0 Å². The van der Waals surface area contributed by atoms with E-state index in [-0.39, 0.29) is 6.04 Å². The Morgan fingerprint density at radius 2 is 1.35 bits per heavy atom. The Labute approximate surface area is 120 Å². The van der Waals surface area contributed by atoms with E-state index in [0.29, 0.717) is 5.92 Å². The van der Waals surface area contributed by atoms with Gasteiger partial charge in [0.05, 0.1) is 0 Å². The van der Waals surface area contributed by atoms with E-state index in [2.05, 4.69) is 73.7 Å². The summed E-state index contributed by atoms with van der Waals surface area (Å²) in [6, 6.07) is 25.4. The van der Waals surface area contributed by atoms with E-state index in [4.69, 9.17) is 5.73 Å². The summed E-state index contributed by atoms with van der Waals surface area (Å²) in [6.07, 6.45) is 0. The number of hydrogen-bond donors (Lipinski definition) is 1. The molecule has 0 amide bonds. The molecule has 0 fully saturated rings. The highest BCUT2D eigenvalue weighted by Gasteiger charge is 2.16. The van der Waals surface area contributed by atoms with E-state index >= 15 is 0 Å². The number of fused-ring (bicyclic) bond motifs is 1. The molecule has 1 nitrogen and oxygen atoms in total. The lowest BCUT2D eigenvalue weighted by atomic mass is 9.88. The summed E-state index contributed by atoms with van der Waals surface area (Å²) in [5.74, 6) is 0.303. The fraction of sp³-hybridized carbons (Fsp3) is 0.158. The van der Waals surface area contributed by atoms with Crippen LogP contribution in [-0.4, -0.2) is 0 Å². The summed E-state index contributed by atoms with van der Waals surface area (Å²) in [5, 5.41) is 2.51. The molecule has 0 aliphatic carbocycles. The van der Waals surface area contributed by atoms with Gasteiger partial charge in [0.15, 0.2) is 0 Å². The van der Waals surface area contributed by atoms with Gasteiger partial charge in [0.25, 0.3) is 0 Å². The molecule has 0 aliphatic rings. The van der Waals surface area contributed by atoms with Gasteiger partial charge >= 0.3 is 0 Å². The Balaban J connectivity index is 1.94. The fourth-order valence-corrected chi connectivity index (χ4v) is 2.67. The molecule has 0 spiro atoms. The molecule has 2 unspecified atom stereocenters. The van der Waals surface area contributed by atoms with Crippen molar-refractivity contribution in [1.29, 1.82) is 0 Å². The third-order valence-corrected chi connectivity index (χ3v) is 4.02. The van der Waals surface area contributed by atoms with Crippen molar-refractivity contribution in [3.63, 3.8) is 0 Å². The van der Waals surface area contributed by atoms with Gasteiger partial charge in [0.1, 0.15) is 0 Å². The molecular formula is C19H19N. The lowest BCUT2D eigenvalue weighted by Gasteiger charge is -2.21. The highest BCUT2D eigenvalue weighted by atomic mass is 14.6. The second-order valence-electron chi connectivity index (χ2n) is 5.33. The molecule has 1 heteroatoms. The molecule has 2 N–H and O–H groups in total. The second-order valence-corrected chi connectivity index (χ2v) is 5.33. The molecule has 3 rings (SSSR count). The minimum Gasteiger partial charge on any atom is -0.323 e. The lowest BCUT2D eigenvalue weighted by molar-refractivity contribution is 0.598. The minimum absolute atomic E-state index is 0.0157. The summed E-state index contributed by atoms with van der Waals surface area (Å²) < 4.78 is 0. The summed E-state index contributed by atoms with van der Waals surface area (Å²) in [5.41, 5.74) is 8.94. The van der Waals surface area contributed by atoms with Gasteiger partial charge in [0, 0.05) is 12.0 Å². The van der Waals surface area contributed by atoms with Crippen molar-refractivity contribution in [3.05, 3.63) is 83.9 Å². The third kappa shape index (κ3) is 2.45. The summed E-state index contributed by atoms with van der Waals surface area (Å²) in [4.78, 5) is 0. The van der Waals surface area contributed by atoms with Crippen LogP contribution >= 0.6 is 0 Å². The molecule has 0 saturated carbocycles. The van der Waals surface area contributed by atoms with Gasteiger partial charge in [-0.3, -0.25) is 0 Å². The number of hydrogen-bond acceptors (Lipinski definition) is 1. The van der Waals surface area contributed by atoms with Crippen molar-refractivity contribution in [2.75, 3.05) is 0 Å². The maximum Gasteiger partial charge on any atom is 0.0362 e.